The highest BCUT2D eigenvalue weighted by molar-refractivity contribution is 7.99. The number of para-hydroxylation sites is 1. The molecule has 1 fully saturated rings. The molecule has 0 radical (unpaired) electrons. The molecule has 1 aromatic carbocycles. The van der Waals surface area contributed by atoms with Gasteiger partial charge in [-0.3, -0.25) is 9.36 Å². The summed E-state index contributed by atoms with van der Waals surface area (Å²) in [6, 6.07) is 10.2. The highest BCUT2D eigenvalue weighted by Crippen LogP contribution is 2.31. The number of rotatable bonds is 6. The first kappa shape index (κ1) is 16.4. The van der Waals surface area contributed by atoms with Gasteiger partial charge in [-0.25, -0.2) is 0 Å². The number of carbonyl (C=O) groups excluding carboxylic acids is 1. The van der Waals surface area contributed by atoms with E-state index in [1.807, 2.05) is 18.2 Å². The fourth-order valence-electron chi connectivity index (χ4n) is 3.15. The van der Waals surface area contributed by atoms with Crippen molar-refractivity contribution < 1.29 is 9.53 Å². The number of nitrogens with one attached hydrogen (secondary N) is 1. The highest BCUT2D eigenvalue weighted by Gasteiger charge is 2.26. The molecule has 25 heavy (non-hydrogen) atoms. The number of thioether (sulfide) groups is 1. The van der Waals surface area contributed by atoms with Crippen LogP contribution in [0.5, 0.6) is 0 Å². The van der Waals surface area contributed by atoms with Gasteiger partial charge in [0.05, 0.1) is 11.9 Å². The molecule has 1 saturated heterocycles. The Hall–Kier alpha value is -2.06. The molecule has 2 aromatic rings. The van der Waals surface area contributed by atoms with Gasteiger partial charge in [-0.2, -0.15) is 0 Å². The molecule has 1 aromatic heterocycles. The molecule has 2 aliphatic heterocycles. The van der Waals surface area contributed by atoms with Crippen LogP contribution in [0.4, 0.5) is 11.6 Å². The summed E-state index contributed by atoms with van der Waals surface area (Å²) in [6.07, 6.45) is 2.28. The maximum Gasteiger partial charge on any atom is 0.232 e. The van der Waals surface area contributed by atoms with Gasteiger partial charge in [-0.05, 0) is 25.0 Å². The molecule has 0 saturated carbocycles. The molecule has 2 aliphatic rings. The van der Waals surface area contributed by atoms with E-state index in [0.29, 0.717) is 12.3 Å². The molecule has 1 amide bonds. The molecule has 4 rings (SSSR count). The summed E-state index contributed by atoms with van der Waals surface area (Å²) >= 11 is 1.43. The minimum absolute atomic E-state index is 0.00997. The van der Waals surface area contributed by atoms with Crippen molar-refractivity contribution >= 4 is 29.3 Å². The smallest absolute Gasteiger partial charge is 0.232 e. The van der Waals surface area contributed by atoms with Crippen molar-refractivity contribution in [3.63, 3.8) is 0 Å². The van der Waals surface area contributed by atoms with E-state index in [0.717, 1.165) is 49.3 Å². The average molecular weight is 359 g/mol. The van der Waals surface area contributed by atoms with E-state index in [2.05, 4.69) is 37.1 Å². The maximum atomic E-state index is 12.0. The predicted octanol–water partition coefficient (Wildman–Crippen LogP) is 1.82. The Morgan fingerprint density at radius 2 is 2.16 bits per heavy atom. The number of ether oxygens (including phenoxy) is 1. The van der Waals surface area contributed by atoms with Crippen molar-refractivity contribution in [1.82, 2.24) is 20.1 Å². The van der Waals surface area contributed by atoms with Gasteiger partial charge in [0.15, 0.2) is 5.16 Å². The van der Waals surface area contributed by atoms with E-state index in [-0.39, 0.29) is 12.0 Å². The summed E-state index contributed by atoms with van der Waals surface area (Å²) in [4.78, 5) is 14.2. The quantitative estimate of drug-likeness (QED) is 0.793. The van der Waals surface area contributed by atoms with Crippen LogP contribution in [0.1, 0.15) is 12.8 Å². The van der Waals surface area contributed by atoms with Crippen LogP contribution in [0.3, 0.4) is 0 Å². The number of nitrogens with zero attached hydrogens (tertiary/aromatic N) is 4. The van der Waals surface area contributed by atoms with Crippen LogP contribution < -0.4 is 10.2 Å². The number of hydrogen-bond donors (Lipinski definition) is 1. The van der Waals surface area contributed by atoms with Gasteiger partial charge in [0.1, 0.15) is 0 Å². The Morgan fingerprint density at radius 1 is 1.28 bits per heavy atom. The van der Waals surface area contributed by atoms with E-state index in [1.54, 1.807) is 0 Å². The van der Waals surface area contributed by atoms with Gasteiger partial charge < -0.3 is 15.0 Å². The molecule has 0 aliphatic carbocycles. The first-order chi connectivity index (χ1) is 12.3. The lowest BCUT2D eigenvalue weighted by Gasteiger charge is -2.14. The molecular formula is C17H21N5O2S. The molecular weight excluding hydrogens is 338 g/mol. The normalized spacial score (nSPS) is 19.2. The van der Waals surface area contributed by atoms with E-state index in [4.69, 9.17) is 4.74 Å². The van der Waals surface area contributed by atoms with Crippen LogP contribution in [0.15, 0.2) is 35.5 Å². The van der Waals surface area contributed by atoms with Gasteiger partial charge >= 0.3 is 0 Å². The summed E-state index contributed by atoms with van der Waals surface area (Å²) < 4.78 is 7.59. The van der Waals surface area contributed by atoms with Crippen LogP contribution in [0.2, 0.25) is 0 Å². The molecule has 132 valence electrons. The third-order valence-corrected chi connectivity index (χ3v) is 5.40. The van der Waals surface area contributed by atoms with Crippen molar-refractivity contribution in [2.45, 2.75) is 30.6 Å². The Labute approximate surface area is 150 Å². The lowest BCUT2D eigenvalue weighted by Crippen LogP contribution is -2.32. The zero-order valence-electron chi connectivity index (χ0n) is 13.9. The molecule has 0 bridgehead atoms. The van der Waals surface area contributed by atoms with Crippen molar-refractivity contribution in [3.05, 3.63) is 30.3 Å². The SMILES string of the molecule is O=C(CSc1nnc2n1CCN2c1ccccc1)NC[C@@H]1CCCO1. The zero-order valence-corrected chi connectivity index (χ0v) is 14.7. The van der Waals surface area contributed by atoms with Crippen LogP contribution >= 0.6 is 11.8 Å². The fourth-order valence-corrected chi connectivity index (χ4v) is 3.94. The summed E-state index contributed by atoms with van der Waals surface area (Å²) in [5.41, 5.74) is 1.11. The largest absolute Gasteiger partial charge is 0.376 e. The molecule has 0 spiro atoms. The Balaban J connectivity index is 1.33. The van der Waals surface area contributed by atoms with E-state index >= 15 is 0 Å². The number of aromatic nitrogens is 3. The summed E-state index contributed by atoms with van der Waals surface area (Å²) in [6.45, 7) is 3.10. The van der Waals surface area contributed by atoms with Gasteiger partial charge in [0, 0.05) is 31.9 Å². The number of benzene rings is 1. The Bertz CT molecular complexity index is 730. The number of amides is 1. The molecule has 3 heterocycles. The van der Waals surface area contributed by atoms with Crippen LogP contribution in [0.25, 0.3) is 0 Å². The van der Waals surface area contributed by atoms with Gasteiger partial charge in [-0.15, -0.1) is 10.2 Å². The van der Waals surface area contributed by atoms with Gasteiger partial charge in [0.2, 0.25) is 11.9 Å². The van der Waals surface area contributed by atoms with Crippen molar-refractivity contribution in [3.8, 4) is 0 Å². The van der Waals surface area contributed by atoms with Crippen LogP contribution in [-0.2, 0) is 16.1 Å². The second-order valence-electron chi connectivity index (χ2n) is 6.15. The van der Waals surface area contributed by atoms with Crippen molar-refractivity contribution in [1.29, 1.82) is 0 Å². The van der Waals surface area contributed by atoms with Crippen molar-refractivity contribution in [2.24, 2.45) is 0 Å². The Morgan fingerprint density at radius 3 is 2.96 bits per heavy atom. The molecule has 7 nitrogen and oxygen atoms in total. The second kappa shape index (κ2) is 7.45. The number of fused-ring (bicyclic) bond motifs is 1. The minimum Gasteiger partial charge on any atom is -0.376 e. The van der Waals surface area contributed by atoms with Gasteiger partial charge in [-0.1, -0.05) is 30.0 Å². The average Bonchev–Trinajstić information content (AvgIpc) is 3.37. The van der Waals surface area contributed by atoms with E-state index in [9.17, 15) is 4.79 Å². The molecule has 1 atom stereocenters. The molecule has 0 unspecified atom stereocenters. The number of anilines is 2. The third-order valence-electron chi connectivity index (χ3n) is 4.44. The minimum atomic E-state index is 0.00997. The number of carbonyl (C=O) groups is 1. The van der Waals surface area contributed by atoms with Crippen molar-refractivity contribution in [2.75, 3.05) is 30.3 Å². The number of hydrogen-bond acceptors (Lipinski definition) is 6. The third kappa shape index (κ3) is 3.64. The van der Waals surface area contributed by atoms with Gasteiger partial charge in [0.25, 0.3) is 0 Å². The van der Waals surface area contributed by atoms with Crippen LogP contribution in [0, 0.1) is 0 Å². The molecule has 1 N–H and O–H groups in total. The molecule has 8 heteroatoms. The zero-order chi connectivity index (χ0) is 17.1. The predicted molar refractivity (Wildman–Crippen MR) is 96.2 cm³/mol. The summed E-state index contributed by atoms with van der Waals surface area (Å²) in [5, 5.41) is 12.3. The second-order valence-corrected chi connectivity index (χ2v) is 7.09. The van der Waals surface area contributed by atoms with E-state index in [1.165, 1.54) is 11.8 Å². The highest BCUT2D eigenvalue weighted by atomic mass is 32.2. The standard InChI is InChI=1S/C17H21N5O2S/c23-15(18-11-14-7-4-10-24-14)12-25-17-20-19-16-21(8-9-22(16)17)13-5-2-1-3-6-13/h1-3,5-6,14H,4,7-12H2,(H,18,23)/t14-/m0/s1. The lowest BCUT2D eigenvalue weighted by atomic mass is 10.2. The lowest BCUT2D eigenvalue weighted by molar-refractivity contribution is -0.119. The fraction of sp³-hybridized carbons (Fsp3) is 0.471. The first-order valence-electron chi connectivity index (χ1n) is 8.58. The summed E-state index contributed by atoms with van der Waals surface area (Å²) in [7, 11) is 0. The monoisotopic (exact) mass is 359 g/mol. The van der Waals surface area contributed by atoms with E-state index < -0.39 is 0 Å². The Kier molecular flexibility index (Phi) is 4.89. The van der Waals surface area contributed by atoms with Crippen LogP contribution in [-0.4, -0.2) is 52.2 Å². The topological polar surface area (TPSA) is 72.3 Å². The first-order valence-corrected chi connectivity index (χ1v) is 9.57. The maximum absolute atomic E-state index is 12.0. The summed E-state index contributed by atoms with van der Waals surface area (Å²) in [5.74, 6) is 1.19.